The highest BCUT2D eigenvalue weighted by atomic mass is 19.1. The third-order valence-corrected chi connectivity index (χ3v) is 8.07. The number of piperazine rings is 1. The van der Waals surface area contributed by atoms with Crippen LogP contribution in [0.4, 0.5) is 14.9 Å². The largest absolute Gasteiger partial charge is 0.477 e. The van der Waals surface area contributed by atoms with Crippen molar-refractivity contribution < 1.29 is 42.9 Å². The number of aromatic nitrogens is 1. The van der Waals surface area contributed by atoms with Gasteiger partial charge in [0, 0.05) is 50.7 Å². The zero-order valence-corrected chi connectivity index (χ0v) is 27.9. The van der Waals surface area contributed by atoms with E-state index in [0.717, 1.165) is 25.3 Å². The first-order chi connectivity index (χ1) is 22.5. The van der Waals surface area contributed by atoms with Gasteiger partial charge < -0.3 is 33.7 Å². The molecular formula is C34H48FN3O9. The average molecular weight is 662 g/mol. The minimum Gasteiger partial charge on any atom is -0.477 e. The summed E-state index contributed by atoms with van der Waals surface area (Å²) in [6.07, 6.45) is 7.71. The Kier molecular flexibility index (Phi) is 14.5. The van der Waals surface area contributed by atoms with Crippen molar-refractivity contribution >= 4 is 40.6 Å². The molecule has 0 aliphatic carbocycles. The van der Waals surface area contributed by atoms with Gasteiger partial charge in [-0.15, -0.1) is 0 Å². The monoisotopic (exact) mass is 661 g/mol. The highest BCUT2D eigenvalue weighted by Gasteiger charge is 2.33. The summed E-state index contributed by atoms with van der Waals surface area (Å²) in [5.74, 6) is -3.74. The number of unbranched alkanes of at least 4 members (excludes halogenated alkanes) is 8. The molecule has 1 aromatic carbocycles. The van der Waals surface area contributed by atoms with Crippen molar-refractivity contribution in [3.05, 3.63) is 39.9 Å². The standard InChI is InChI=1S/C34H48FN3O9/c1-5-7-8-9-10-11-12-13-14-15-29(39)46-33(32(43)45-23(3)4)47-34(44)38-18-16-37(17-19-38)28-21-27-24(20-26(28)35)30(40)25(31(41)42)22-36(27)6-2/h20-23,33H,5-19H2,1-4H3,(H,41,42). The molecule has 0 spiro atoms. The molecular weight excluding hydrogens is 613 g/mol. The number of nitrogens with zero attached hydrogens (tertiary/aromatic N) is 3. The second-order valence-corrected chi connectivity index (χ2v) is 12.0. The molecule has 0 saturated carbocycles. The van der Waals surface area contributed by atoms with Gasteiger partial charge in [-0.2, -0.15) is 0 Å². The fourth-order valence-electron chi connectivity index (χ4n) is 5.52. The lowest BCUT2D eigenvalue weighted by molar-refractivity contribution is -0.195. The van der Waals surface area contributed by atoms with Crippen LogP contribution >= 0.6 is 0 Å². The van der Waals surface area contributed by atoms with Crippen LogP contribution in [0, 0.1) is 5.82 Å². The summed E-state index contributed by atoms with van der Waals surface area (Å²) in [5.41, 5.74) is -0.631. The molecule has 3 rings (SSSR count). The van der Waals surface area contributed by atoms with E-state index >= 15 is 4.39 Å². The van der Waals surface area contributed by atoms with Crippen LogP contribution in [0.1, 0.15) is 102 Å². The SMILES string of the molecule is CCCCCCCCCCCC(=O)OC(OC(=O)N1CCN(c2cc3c(cc2F)c(=O)c(C(=O)O)cn3CC)CC1)C(=O)OC(C)C. The zero-order chi connectivity index (χ0) is 34.5. The van der Waals surface area contributed by atoms with Crippen LogP contribution in [0.15, 0.2) is 23.1 Å². The normalized spacial score (nSPS) is 13.9. The Morgan fingerprint density at radius 1 is 0.872 bits per heavy atom. The third kappa shape index (κ3) is 10.7. The van der Waals surface area contributed by atoms with Crippen molar-refractivity contribution in [2.24, 2.45) is 0 Å². The number of anilines is 1. The minimum atomic E-state index is -1.85. The molecule has 0 radical (unpaired) electrons. The number of benzene rings is 1. The Balaban J connectivity index is 1.58. The second-order valence-electron chi connectivity index (χ2n) is 12.0. The van der Waals surface area contributed by atoms with Gasteiger partial charge in [0.25, 0.3) is 0 Å². The van der Waals surface area contributed by atoms with E-state index in [0.29, 0.717) is 18.5 Å². The number of carboxylic acids is 1. The number of carbonyl (C=O) groups is 4. The smallest absolute Gasteiger partial charge is 0.413 e. The van der Waals surface area contributed by atoms with Crippen LogP contribution in [-0.2, 0) is 30.3 Å². The molecule has 1 N–H and O–H groups in total. The highest BCUT2D eigenvalue weighted by Crippen LogP contribution is 2.27. The molecule has 1 aliphatic rings. The molecule has 47 heavy (non-hydrogen) atoms. The van der Waals surface area contributed by atoms with Gasteiger partial charge in [-0.3, -0.25) is 9.59 Å². The zero-order valence-electron chi connectivity index (χ0n) is 27.9. The number of carbonyl (C=O) groups excluding carboxylic acids is 3. The lowest BCUT2D eigenvalue weighted by Crippen LogP contribution is -2.50. The molecule has 12 nitrogen and oxygen atoms in total. The fraction of sp³-hybridized carbons (Fsp3) is 0.618. The van der Waals surface area contributed by atoms with Crippen LogP contribution in [0.3, 0.4) is 0 Å². The van der Waals surface area contributed by atoms with Crippen LogP contribution in [-0.4, -0.2) is 77.1 Å². The van der Waals surface area contributed by atoms with Crippen molar-refractivity contribution in [1.29, 1.82) is 0 Å². The maximum atomic E-state index is 15.3. The first-order valence-electron chi connectivity index (χ1n) is 16.7. The number of fused-ring (bicyclic) bond motifs is 1. The topological polar surface area (TPSA) is 145 Å². The van der Waals surface area contributed by atoms with Gasteiger partial charge in [0.2, 0.25) is 5.43 Å². The van der Waals surface area contributed by atoms with Gasteiger partial charge in [-0.25, -0.2) is 18.8 Å². The highest BCUT2D eigenvalue weighted by molar-refractivity contribution is 5.93. The van der Waals surface area contributed by atoms with E-state index in [1.54, 1.807) is 30.2 Å². The molecule has 13 heteroatoms. The molecule has 2 aromatic rings. The maximum Gasteiger partial charge on any atom is 0.413 e. The number of ether oxygens (including phenoxy) is 3. The van der Waals surface area contributed by atoms with E-state index in [4.69, 9.17) is 14.2 Å². The Bertz CT molecular complexity index is 1450. The maximum absolute atomic E-state index is 15.3. The van der Waals surface area contributed by atoms with Gasteiger partial charge in [-0.1, -0.05) is 58.3 Å². The van der Waals surface area contributed by atoms with Crippen molar-refractivity contribution in [2.75, 3.05) is 31.1 Å². The van der Waals surface area contributed by atoms with Crippen molar-refractivity contribution in [3.63, 3.8) is 0 Å². The molecule has 260 valence electrons. The summed E-state index contributed by atoms with van der Waals surface area (Å²) in [4.78, 5) is 65.4. The third-order valence-electron chi connectivity index (χ3n) is 8.07. The second kappa shape index (κ2) is 18.2. The summed E-state index contributed by atoms with van der Waals surface area (Å²) in [7, 11) is 0. The Morgan fingerprint density at radius 3 is 2.06 bits per heavy atom. The minimum absolute atomic E-state index is 0.0399. The molecule has 1 aliphatic heterocycles. The van der Waals surface area contributed by atoms with E-state index in [2.05, 4.69) is 6.92 Å². The lowest BCUT2D eigenvalue weighted by Gasteiger charge is -2.36. The molecule has 1 aromatic heterocycles. The number of hydrogen-bond acceptors (Lipinski definition) is 9. The number of carboxylic acid groups (broad SMARTS) is 1. The molecule has 1 amide bonds. The van der Waals surface area contributed by atoms with E-state index in [-0.39, 0.29) is 43.7 Å². The number of hydrogen-bond donors (Lipinski definition) is 1. The first-order valence-corrected chi connectivity index (χ1v) is 16.7. The molecule has 0 bridgehead atoms. The Morgan fingerprint density at radius 2 is 1.49 bits per heavy atom. The Labute approximate surface area is 274 Å². The molecule has 2 heterocycles. The van der Waals surface area contributed by atoms with Gasteiger partial charge in [-0.05, 0) is 39.3 Å². The first kappa shape index (κ1) is 37.3. The Hall–Kier alpha value is -4.16. The van der Waals surface area contributed by atoms with E-state index in [1.807, 2.05) is 0 Å². The average Bonchev–Trinajstić information content (AvgIpc) is 3.03. The van der Waals surface area contributed by atoms with Crippen LogP contribution in [0.5, 0.6) is 0 Å². The summed E-state index contributed by atoms with van der Waals surface area (Å²) in [5, 5.41) is 9.35. The van der Waals surface area contributed by atoms with Gasteiger partial charge in [0.1, 0.15) is 11.4 Å². The van der Waals surface area contributed by atoms with Crippen molar-refractivity contribution in [1.82, 2.24) is 9.47 Å². The summed E-state index contributed by atoms with van der Waals surface area (Å²) < 4.78 is 32.5. The van der Waals surface area contributed by atoms with Gasteiger partial charge >= 0.3 is 30.3 Å². The van der Waals surface area contributed by atoms with Crippen LogP contribution < -0.4 is 10.3 Å². The number of aryl methyl sites for hydroxylation is 1. The summed E-state index contributed by atoms with van der Waals surface area (Å²) >= 11 is 0. The summed E-state index contributed by atoms with van der Waals surface area (Å²) in [6.45, 7) is 8.16. The molecule has 1 saturated heterocycles. The lowest BCUT2D eigenvalue weighted by atomic mass is 10.1. The van der Waals surface area contributed by atoms with Crippen molar-refractivity contribution in [3.8, 4) is 0 Å². The number of aromatic carboxylic acids is 1. The van der Waals surface area contributed by atoms with E-state index in [1.165, 1.54) is 49.3 Å². The van der Waals surface area contributed by atoms with Crippen LogP contribution in [0.25, 0.3) is 10.9 Å². The molecule has 1 fully saturated rings. The van der Waals surface area contributed by atoms with Gasteiger partial charge in [0.15, 0.2) is 0 Å². The number of amides is 1. The van der Waals surface area contributed by atoms with E-state index < -0.39 is 53.2 Å². The van der Waals surface area contributed by atoms with Crippen molar-refractivity contribution in [2.45, 2.75) is 111 Å². The number of pyridine rings is 1. The van der Waals surface area contributed by atoms with Gasteiger partial charge in [0.05, 0.1) is 17.3 Å². The molecule has 1 unspecified atom stereocenters. The quantitative estimate of drug-likeness (QED) is 0.124. The predicted molar refractivity (Wildman–Crippen MR) is 174 cm³/mol. The predicted octanol–water partition coefficient (Wildman–Crippen LogP) is 5.86. The van der Waals surface area contributed by atoms with Crippen LogP contribution in [0.2, 0.25) is 0 Å². The summed E-state index contributed by atoms with van der Waals surface area (Å²) in [6, 6.07) is 2.54. The van der Waals surface area contributed by atoms with E-state index in [9.17, 15) is 29.1 Å². The number of halogens is 1. The number of rotatable bonds is 17. The number of esters is 2. The molecule has 1 atom stereocenters. The fourth-order valence-corrected chi connectivity index (χ4v) is 5.52.